The zero-order valence-electron chi connectivity index (χ0n) is 9.07. The minimum Gasteiger partial charge on any atom is -0.394 e. The Bertz CT molecular complexity index is 263. The van der Waals surface area contributed by atoms with E-state index in [0.717, 1.165) is 19.5 Å². The monoisotopic (exact) mass is 213 g/mol. The zero-order chi connectivity index (χ0) is 11.1. The summed E-state index contributed by atoms with van der Waals surface area (Å²) in [6, 6.07) is -0.238. The van der Waals surface area contributed by atoms with Crippen molar-refractivity contribution in [2.75, 3.05) is 19.7 Å². The minimum atomic E-state index is -0.520. The molecule has 0 radical (unpaired) electrons. The molecule has 4 N–H and O–H groups in total. The van der Waals surface area contributed by atoms with Crippen molar-refractivity contribution in [1.82, 2.24) is 10.2 Å². The van der Waals surface area contributed by atoms with E-state index >= 15 is 0 Å². The second kappa shape index (κ2) is 3.73. The van der Waals surface area contributed by atoms with E-state index in [9.17, 15) is 4.79 Å². The van der Waals surface area contributed by atoms with Gasteiger partial charge in [-0.15, -0.1) is 0 Å². The van der Waals surface area contributed by atoms with Gasteiger partial charge < -0.3 is 16.2 Å². The SMILES string of the molecule is CC1N([C@@H](CO)C(N)=O)CC12CCCN2. The molecule has 3 atom stereocenters. The first-order valence-corrected chi connectivity index (χ1v) is 5.52. The van der Waals surface area contributed by atoms with E-state index in [4.69, 9.17) is 10.8 Å². The maximum absolute atomic E-state index is 11.1. The number of carbonyl (C=O) groups excluding carboxylic acids is 1. The van der Waals surface area contributed by atoms with Crippen LogP contribution in [-0.2, 0) is 4.79 Å². The number of primary amides is 1. The summed E-state index contributed by atoms with van der Waals surface area (Å²) in [6.45, 7) is 3.78. The molecule has 2 unspecified atom stereocenters. The molecule has 2 aliphatic rings. The Balaban J connectivity index is 2.01. The largest absolute Gasteiger partial charge is 0.394 e. The van der Waals surface area contributed by atoms with Crippen molar-refractivity contribution in [3.63, 3.8) is 0 Å². The molecule has 0 bridgehead atoms. The average Bonchev–Trinajstić information content (AvgIpc) is 2.68. The normalized spacial score (nSPS) is 37.9. The maximum Gasteiger partial charge on any atom is 0.237 e. The molecular formula is C10H19N3O2. The summed E-state index contributed by atoms with van der Waals surface area (Å²) < 4.78 is 0. The number of amides is 1. The molecule has 5 heteroatoms. The number of nitrogens with zero attached hydrogens (tertiary/aromatic N) is 1. The van der Waals surface area contributed by atoms with E-state index in [2.05, 4.69) is 12.2 Å². The van der Waals surface area contributed by atoms with Gasteiger partial charge in [0, 0.05) is 18.1 Å². The van der Waals surface area contributed by atoms with Gasteiger partial charge in [0.1, 0.15) is 6.04 Å². The van der Waals surface area contributed by atoms with Crippen LogP contribution in [0.25, 0.3) is 0 Å². The van der Waals surface area contributed by atoms with Crippen LogP contribution < -0.4 is 11.1 Å². The third-order valence-electron chi connectivity index (χ3n) is 3.94. The molecule has 0 aromatic carbocycles. The molecule has 2 fully saturated rings. The molecule has 1 spiro atoms. The van der Waals surface area contributed by atoms with Gasteiger partial charge in [0.25, 0.3) is 0 Å². The number of aliphatic hydroxyl groups is 1. The molecule has 15 heavy (non-hydrogen) atoms. The number of carbonyl (C=O) groups is 1. The van der Waals surface area contributed by atoms with Crippen LogP contribution in [-0.4, -0.2) is 53.2 Å². The highest BCUT2D eigenvalue weighted by Gasteiger charge is 2.53. The third kappa shape index (κ3) is 1.55. The Morgan fingerprint density at radius 2 is 2.53 bits per heavy atom. The van der Waals surface area contributed by atoms with Crippen molar-refractivity contribution >= 4 is 5.91 Å². The summed E-state index contributed by atoms with van der Waals surface area (Å²) in [5.74, 6) is -0.433. The number of rotatable bonds is 3. The van der Waals surface area contributed by atoms with Crippen LogP contribution in [0.2, 0.25) is 0 Å². The van der Waals surface area contributed by atoms with Crippen molar-refractivity contribution in [2.45, 2.75) is 37.4 Å². The summed E-state index contributed by atoms with van der Waals surface area (Å²) in [5, 5.41) is 12.6. The molecule has 2 aliphatic heterocycles. The molecule has 0 aromatic heterocycles. The number of nitrogens with one attached hydrogen (secondary N) is 1. The van der Waals surface area contributed by atoms with E-state index < -0.39 is 11.9 Å². The summed E-state index contributed by atoms with van der Waals surface area (Å²) in [6.07, 6.45) is 2.35. The lowest BCUT2D eigenvalue weighted by Crippen LogP contribution is -2.76. The Hall–Kier alpha value is -0.650. The van der Waals surface area contributed by atoms with Crippen molar-refractivity contribution in [3.8, 4) is 0 Å². The molecule has 2 heterocycles. The second-order valence-electron chi connectivity index (χ2n) is 4.64. The third-order valence-corrected chi connectivity index (χ3v) is 3.94. The van der Waals surface area contributed by atoms with Crippen LogP contribution in [0.4, 0.5) is 0 Å². The first kappa shape index (κ1) is 10.9. The molecule has 0 aliphatic carbocycles. The van der Waals surface area contributed by atoms with Gasteiger partial charge >= 0.3 is 0 Å². The van der Waals surface area contributed by atoms with Gasteiger partial charge in [0.15, 0.2) is 0 Å². The first-order valence-electron chi connectivity index (χ1n) is 5.52. The van der Waals surface area contributed by atoms with Crippen molar-refractivity contribution in [3.05, 3.63) is 0 Å². The summed E-state index contributed by atoms with van der Waals surface area (Å²) in [5.41, 5.74) is 5.42. The van der Waals surface area contributed by atoms with Gasteiger partial charge in [0.05, 0.1) is 6.61 Å². The molecule has 0 saturated carbocycles. The molecule has 0 aromatic rings. The highest BCUT2D eigenvalue weighted by molar-refractivity contribution is 5.80. The van der Waals surface area contributed by atoms with Crippen LogP contribution in [0.15, 0.2) is 0 Å². The highest BCUT2D eigenvalue weighted by atomic mass is 16.3. The number of likely N-dealkylation sites (tertiary alicyclic amines) is 1. The fourth-order valence-electron chi connectivity index (χ4n) is 2.86. The Labute approximate surface area is 89.6 Å². The van der Waals surface area contributed by atoms with E-state index in [1.807, 2.05) is 4.90 Å². The Kier molecular flexibility index (Phi) is 2.70. The predicted molar refractivity (Wildman–Crippen MR) is 56.2 cm³/mol. The predicted octanol–water partition coefficient (Wildman–Crippen LogP) is -1.34. The van der Waals surface area contributed by atoms with Crippen LogP contribution in [0.5, 0.6) is 0 Å². The summed E-state index contributed by atoms with van der Waals surface area (Å²) >= 11 is 0. The van der Waals surface area contributed by atoms with Crippen molar-refractivity contribution < 1.29 is 9.90 Å². The van der Waals surface area contributed by atoms with E-state index in [0.29, 0.717) is 0 Å². The molecule has 1 amide bonds. The van der Waals surface area contributed by atoms with E-state index in [-0.39, 0.29) is 18.2 Å². The molecular weight excluding hydrogens is 194 g/mol. The number of nitrogens with two attached hydrogens (primary N) is 1. The fraction of sp³-hybridized carbons (Fsp3) is 0.900. The average molecular weight is 213 g/mol. The Morgan fingerprint density at radius 1 is 1.80 bits per heavy atom. The minimum absolute atomic E-state index is 0.170. The fourth-order valence-corrected chi connectivity index (χ4v) is 2.86. The second-order valence-corrected chi connectivity index (χ2v) is 4.64. The lowest BCUT2D eigenvalue weighted by Gasteiger charge is -2.56. The van der Waals surface area contributed by atoms with E-state index in [1.165, 1.54) is 6.42 Å². The van der Waals surface area contributed by atoms with E-state index in [1.54, 1.807) is 0 Å². The van der Waals surface area contributed by atoms with Crippen LogP contribution >= 0.6 is 0 Å². The molecule has 86 valence electrons. The molecule has 2 saturated heterocycles. The lowest BCUT2D eigenvalue weighted by atomic mass is 9.78. The zero-order valence-corrected chi connectivity index (χ0v) is 9.07. The van der Waals surface area contributed by atoms with Crippen LogP contribution in [0, 0.1) is 0 Å². The van der Waals surface area contributed by atoms with Crippen molar-refractivity contribution in [2.24, 2.45) is 5.73 Å². The number of hydrogen-bond donors (Lipinski definition) is 3. The van der Waals surface area contributed by atoms with Crippen molar-refractivity contribution in [1.29, 1.82) is 0 Å². The summed E-state index contributed by atoms with van der Waals surface area (Å²) in [7, 11) is 0. The van der Waals surface area contributed by atoms with Gasteiger partial charge in [-0.25, -0.2) is 0 Å². The molecule has 5 nitrogen and oxygen atoms in total. The quantitative estimate of drug-likeness (QED) is 0.542. The maximum atomic E-state index is 11.1. The highest BCUT2D eigenvalue weighted by Crippen LogP contribution is 2.37. The smallest absolute Gasteiger partial charge is 0.237 e. The van der Waals surface area contributed by atoms with Gasteiger partial charge in [-0.05, 0) is 26.3 Å². The first-order chi connectivity index (χ1) is 7.10. The summed E-state index contributed by atoms with van der Waals surface area (Å²) in [4.78, 5) is 13.1. The van der Waals surface area contributed by atoms with Gasteiger partial charge in [-0.1, -0.05) is 0 Å². The van der Waals surface area contributed by atoms with Crippen LogP contribution in [0.1, 0.15) is 19.8 Å². The Morgan fingerprint density at radius 3 is 2.93 bits per heavy atom. The molecule has 2 rings (SSSR count). The topological polar surface area (TPSA) is 78.6 Å². The standard InChI is InChI=1S/C10H19N3O2/c1-7-10(3-2-4-12-10)6-13(7)8(5-14)9(11)15/h7-8,12,14H,2-6H2,1H3,(H2,11,15)/t7?,8-,10?/m0/s1. The van der Waals surface area contributed by atoms with Crippen LogP contribution in [0.3, 0.4) is 0 Å². The number of aliphatic hydroxyl groups excluding tert-OH is 1. The van der Waals surface area contributed by atoms with Gasteiger partial charge in [0.2, 0.25) is 5.91 Å². The van der Waals surface area contributed by atoms with Gasteiger partial charge in [-0.2, -0.15) is 0 Å². The van der Waals surface area contributed by atoms with Gasteiger partial charge in [-0.3, -0.25) is 9.69 Å². The lowest BCUT2D eigenvalue weighted by molar-refractivity contribution is -0.133. The number of hydrogen-bond acceptors (Lipinski definition) is 4.